The largest absolute Gasteiger partial charge is 0.399 e. The Morgan fingerprint density at radius 2 is 1.96 bits per heavy atom. The number of nitrogens with one attached hydrogen (secondary N) is 1. The van der Waals surface area contributed by atoms with Gasteiger partial charge < -0.3 is 11.1 Å². The zero-order valence-corrected chi connectivity index (χ0v) is 14.2. The highest BCUT2D eigenvalue weighted by atomic mass is 35.5. The molecule has 0 aromatic heterocycles. The van der Waals surface area contributed by atoms with Gasteiger partial charge in [0, 0.05) is 12.1 Å². The Morgan fingerprint density at radius 3 is 2.71 bits per heavy atom. The lowest BCUT2D eigenvalue weighted by Crippen LogP contribution is -2.31. The van der Waals surface area contributed by atoms with Gasteiger partial charge in [0.05, 0.1) is 6.04 Å². The SMILES string of the molecule is Cl.Nc1ccc2c(c1)CCCC2NC(=O)CCc1ccc(F)cc1. The van der Waals surface area contributed by atoms with Crippen molar-refractivity contribution >= 4 is 24.0 Å². The number of fused-ring (bicyclic) bond motifs is 1. The van der Waals surface area contributed by atoms with E-state index >= 15 is 0 Å². The Morgan fingerprint density at radius 1 is 1.21 bits per heavy atom. The fraction of sp³-hybridized carbons (Fsp3) is 0.316. The number of halogens is 2. The Hall–Kier alpha value is -2.07. The topological polar surface area (TPSA) is 55.1 Å². The van der Waals surface area contributed by atoms with Crippen LogP contribution in [0, 0.1) is 5.82 Å². The van der Waals surface area contributed by atoms with Crippen LogP contribution in [0.25, 0.3) is 0 Å². The number of amides is 1. The van der Waals surface area contributed by atoms with Crippen LogP contribution >= 0.6 is 12.4 Å². The summed E-state index contributed by atoms with van der Waals surface area (Å²) in [6.07, 6.45) is 4.06. The van der Waals surface area contributed by atoms with Crippen LogP contribution in [-0.2, 0) is 17.6 Å². The molecule has 2 aromatic carbocycles. The summed E-state index contributed by atoms with van der Waals surface area (Å²) in [6, 6.07) is 12.3. The van der Waals surface area contributed by atoms with Gasteiger partial charge in [-0.3, -0.25) is 4.79 Å². The molecule has 1 aliphatic rings. The molecular weight excluding hydrogens is 327 g/mol. The molecule has 0 aliphatic heterocycles. The predicted octanol–water partition coefficient (Wildman–Crippen LogP) is 3.96. The summed E-state index contributed by atoms with van der Waals surface area (Å²) in [5, 5.41) is 3.12. The van der Waals surface area contributed by atoms with E-state index < -0.39 is 0 Å². The highest BCUT2D eigenvalue weighted by Crippen LogP contribution is 2.31. The van der Waals surface area contributed by atoms with Crippen LogP contribution in [0.2, 0.25) is 0 Å². The van der Waals surface area contributed by atoms with E-state index in [1.54, 1.807) is 12.1 Å². The maximum absolute atomic E-state index is 12.9. The zero-order chi connectivity index (χ0) is 16.2. The van der Waals surface area contributed by atoms with Crippen molar-refractivity contribution in [2.45, 2.75) is 38.1 Å². The molecule has 3 N–H and O–H groups in total. The number of rotatable bonds is 4. The van der Waals surface area contributed by atoms with Crippen LogP contribution in [0.5, 0.6) is 0 Å². The van der Waals surface area contributed by atoms with Crippen molar-refractivity contribution in [3.8, 4) is 0 Å². The van der Waals surface area contributed by atoms with Gasteiger partial charge in [0.2, 0.25) is 5.91 Å². The minimum Gasteiger partial charge on any atom is -0.399 e. The summed E-state index contributed by atoms with van der Waals surface area (Å²) in [4.78, 5) is 12.2. The van der Waals surface area contributed by atoms with Crippen molar-refractivity contribution in [3.63, 3.8) is 0 Å². The first-order chi connectivity index (χ1) is 11.1. The van der Waals surface area contributed by atoms with E-state index in [0.29, 0.717) is 12.8 Å². The monoisotopic (exact) mass is 348 g/mol. The fourth-order valence-electron chi connectivity index (χ4n) is 3.16. The first-order valence-electron chi connectivity index (χ1n) is 8.04. The molecule has 0 saturated carbocycles. The third-order valence-electron chi connectivity index (χ3n) is 4.37. The molecule has 128 valence electrons. The van der Waals surface area contributed by atoms with Gasteiger partial charge in [-0.15, -0.1) is 12.4 Å². The minimum atomic E-state index is -0.253. The van der Waals surface area contributed by atoms with Crippen molar-refractivity contribution in [2.75, 3.05) is 5.73 Å². The molecule has 0 radical (unpaired) electrons. The summed E-state index contributed by atoms with van der Waals surface area (Å²) in [6.45, 7) is 0. The van der Waals surface area contributed by atoms with Crippen molar-refractivity contribution < 1.29 is 9.18 Å². The first kappa shape index (κ1) is 18.3. The molecule has 1 unspecified atom stereocenters. The average Bonchev–Trinajstić information content (AvgIpc) is 2.54. The van der Waals surface area contributed by atoms with Gasteiger partial charge in [-0.25, -0.2) is 4.39 Å². The number of carbonyl (C=O) groups is 1. The molecule has 0 bridgehead atoms. The van der Waals surface area contributed by atoms with Gasteiger partial charge in [-0.1, -0.05) is 18.2 Å². The standard InChI is InChI=1S/C19H21FN2O.ClH/c20-15-7-4-13(5-8-15)6-11-19(23)22-18-3-1-2-14-12-16(21)9-10-17(14)18;/h4-5,7-10,12,18H,1-3,6,11,21H2,(H,22,23);1H. The van der Waals surface area contributed by atoms with E-state index in [0.717, 1.165) is 30.5 Å². The van der Waals surface area contributed by atoms with Crippen LogP contribution in [-0.4, -0.2) is 5.91 Å². The molecule has 0 heterocycles. The number of hydrogen-bond acceptors (Lipinski definition) is 2. The summed E-state index contributed by atoms with van der Waals surface area (Å²) in [5.74, 6) is -0.222. The lowest BCUT2D eigenvalue weighted by molar-refractivity contribution is -0.121. The number of anilines is 1. The van der Waals surface area contributed by atoms with Crippen LogP contribution in [0.3, 0.4) is 0 Å². The maximum atomic E-state index is 12.9. The minimum absolute atomic E-state index is 0. The molecule has 3 rings (SSSR count). The summed E-state index contributed by atoms with van der Waals surface area (Å²) in [7, 11) is 0. The summed E-state index contributed by atoms with van der Waals surface area (Å²) >= 11 is 0. The van der Waals surface area contributed by atoms with Crippen LogP contribution in [0.4, 0.5) is 10.1 Å². The molecule has 0 saturated heterocycles. The third-order valence-corrected chi connectivity index (χ3v) is 4.37. The number of carbonyl (C=O) groups excluding carboxylic acids is 1. The Labute approximate surface area is 147 Å². The van der Waals surface area contributed by atoms with E-state index in [1.807, 2.05) is 18.2 Å². The Bertz CT molecular complexity index is 703. The molecule has 24 heavy (non-hydrogen) atoms. The van der Waals surface area contributed by atoms with Crippen molar-refractivity contribution in [1.82, 2.24) is 5.32 Å². The molecule has 1 atom stereocenters. The molecular formula is C19H22ClFN2O. The second kappa shape index (κ2) is 8.15. The number of hydrogen-bond donors (Lipinski definition) is 2. The molecule has 0 fully saturated rings. The third kappa shape index (κ3) is 4.48. The van der Waals surface area contributed by atoms with E-state index in [4.69, 9.17) is 5.73 Å². The lowest BCUT2D eigenvalue weighted by atomic mass is 9.87. The number of benzene rings is 2. The van der Waals surface area contributed by atoms with Gasteiger partial charge in [0.1, 0.15) is 5.82 Å². The van der Waals surface area contributed by atoms with E-state index in [1.165, 1.54) is 23.3 Å². The normalized spacial score (nSPS) is 16.0. The molecule has 0 spiro atoms. The summed E-state index contributed by atoms with van der Waals surface area (Å²) < 4.78 is 12.9. The van der Waals surface area contributed by atoms with Crippen LogP contribution < -0.4 is 11.1 Å². The smallest absolute Gasteiger partial charge is 0.220 e. The maximum Gasteiger partial charge on any atom is 0.220 e. The lowest BCUT2D eigenvalue weighted by Gasteiger charge is -2.26. The molecule has 2 aromatic rings. The molecule has 3 nitrogen and oxygen atoms in total. The van der Waals surface area contributed by atoms with E-state index in [2.05, 4.69) is 5.32 Å². The quantitative estimate of drug-likeness (QED) is 0.822. The van der Waals surface area contributed by atoms with Crippen molar-refractivity contribution in [3.05, 3.63) is 65.0 Å². The van der Waals surface area contributed by atoms with Gasteiger partial charge in [-0.05, 0) is 66.6 Å². The second-order valence-corrected chi connectivity index (χ2v) is 6.10. The molecule has 1 amide bonds. The van der Waals surface area contributed by atoms with E-state index in [-0.39, 0.29) is 30.2 Å². The van der Waals surface area contributed by atoms with Gasteiger partial charge in [0.25, 0.3) is 0 Å². The number of aryl methyl sites for hydroxylation is 2. The van der Waals surface area contributed by atoms with Crippen molar-refractivity contribution in [2.24, 2.45) is 0 Å². The van der Waals surface area contributed by atoms with Crippen LogP contribution in [0.1, 0.15) is 42.0 Å². The zero-order valence-electron chi connectivity index (χ0n) is 13.4. The first-order valence-corrected chi connectivity index (χ1v) is 8.04. The average molecular weight is 349 g/mol. The Balaban J connectivity index is 0.00000208. The number of nitrogen functional groups attached to an aromatic ring is 1. The second-order valence-electron chi connectivity index (χ2n) is 6.10. The van der Waals surface area contributed by atoms with Crippen molar-refractivity contribution in [1.29, 1.82) is 0 Å². The van der Waals surface area contributed by atoms with E-state index in [9.17, 15) is 9.18 Å². The fourth-order valence-corrected chi connectivity index (χ4v) is 3.16. The number of nitrogens with two attached hydrogens (primary N) is 1. The summed E-state index contributed by atoms with van der Waals surface area (Å²) in [5.41, 5.74) is 10.00. The van der Waals surface area contributed by atoms with Crippen LogP contribution in [0.15, 0.2) is 42.5 Å². The Kier molecular flexibility index (Phi) is 6.21. The highest BCUT2D eigenvalue weighted by molar-refractivity contribution is 5.85. The van der Waals surface area contributed by atoms with Gasteiger partial charge >= 0.3 is 0 Å². The molecule has 1 aliphatic carbocycles. The molecule has 5 heteroatoms. The predicted molar refractivity (Wildman–Crippen MR) is 96.6 cm³/mol. The van der Waals surface area contributed by atoms with Gasteiger partial charge in [0.15, 0.2) is 0 Å². The highest BCUT2D eigenvalue weighted by Gasteiger charge is 2.21. The van der Waals surface area contributed by atoms with Gasteiger partial charge in [-0.2, -0.15) is 0 Å².